The average molecular weight is 256 g/mol. The monoisotopic (exact) mass is 256 g/mol. The number of nitrogens with two attached hydrogens (primary N) is 1. The molecule has 2 N–H and O–H groups in total. The van der Waals surface area contributed by atoms with Gasteiger partial charge in [0.25, 0.3) is 5.95 Å². The molecule has 3 aromatic rings. The molecule has 0 bridgehead atoms. The van der Waals surface area contributed by atoms with E-state index in [1.54, 1.807) is 6.20 Å². The molecule has 7 heteroatoms. The number of para-hydroxylation sites is 1. The molecule has 0 aliphatic heterocycles. The minimum absolute atomic E-state index is 0.148. The summed E-state index contributed by atoms with van der Waals surface area (Å²) < 4.78 is 1.45. The van der Waals surface area contributed by atoms with Gasteiger partial charge >= 0.3 is 0 Å². The first-order chi connectivity index (χ1) is 8.74. The van der Waals surface area contributed by atoms with Gasteiger partial charge in [0.1, 0.15) is 11.3 Å². The van der Waals surface area contributed by atoms with Crippen LogP contribution in [0.15, 0.2) is 36.8 Å². The molecule has 0 saturated carbocycles. The van der Waals surface area contributed by atoms with E-state index in [-0.39, 0.29) is 4.99 Å². The molecule has 3 rings (SSSR count). The summed E-state index contributed by atoms with van der Waals surface area (Å²) in [5.41, 5.74) is 6.29. The lowest BCUT2D eigenvalue weighted by Crippen LogP contribution is -2.12. The summed E-state index contributed by atoms with van der Waals surface area (Å²) in [5.74, 6) is 0.741. The number of nitrogens with zero attached hydrogens (tertiary/aromatic N) is 5. The maximum absolute atomic E-state index is 5.45. The van der Waals surface area contributed by atoms with Crippen molar-refractivity contribution in [3.8, 4) is 5.95 Å². The van der Waals surface area contributed by atoms with Crippen molar-refractivity contribution in [2.24, 2.45) is 5.73 Å². The third-order valence-corrected chi connectivity index (χ3v) is 2.58. The van der Waals surface area contributed by atoms with Crippen LogP contribution in [-0.4, -0.2) is 29.7 Å². The van der Waals surface area contributed by atoms with Crippen LogP contribution in [0.25, 0.3) is 16.9 Å². The van der Waals surface area contributed by atoms with E-state index in [4.69, 9.17) is 18.0 Å². The van der Waals surface area contributed by atoms with Crippen LogP contribution in [-0.2, 0) is 0 Å². The largest absolute Gasteiger partial charge is 0.387 e. The Hall–Kier alpha value is -2.41. The Balaban J connectivity index is 2.10. The first-order valence-electron chi connectivity index (χ1n) is 5.18. The topological polar surface area (TPSA) is 82.5 Å². The van der Waals surface area contributed by atoms with Gasteiger partial charge < -0.3 is 5.73 Å². The second-order valence-electron chi connectivity index (χ2n) is 3.61. The van der Waals surface area contributed by atoms with Gasteiger partial charge in [0.15, 0.2) is 0 Å². The van der Waals surface area contributed by atoms with E-state index in [0.29, 0.717) is 11.8 Å². The molecule has 2 heterocycles. The number of hydrogen-bond donors (Lipinski definition) is 1. The zero-order valence-corrected chi connectivity index (χ0v) is 10.0. The predicted octanol–water partition coefficient (Wildman–Crippen LogP) is 0.845. The molecule has 0 atom stereocenters. The van der Waals surface area contributed by atoms with Crippen LogP contribution in [0, 0.1) is 0 Å². The summed E-state index contributed by atoms with van der Waals surface area (Å²) >= 11 is 4.80. The molecule has 0 aliphatic carbocycles. The number of hydrogen-bond acceptors (Lipinski definition) is 5. The van der Waals surface area contributed by atoms with Crippen molar-refractivity contribution in [1.82, 2.24) is 24.7 Å². The van der Waals surface area contributed by atoms with Gasteiger partial charge in [-0.3, -0.25) is 0 Å². The van der Waals surface area contributed by atoms with Gasteiger partial charge in [-0.05, 0) is 6.07 Å². The Morgan fingerprint density at radius 3 is 2.83 bits per heavy atom. The van der Waals surface area contributed by atoms with E-state index in [1.807, 2.05) is 24.3 Å². The van der Waals surface area contributed by atoms with Gasteiger partial charge in [-0.2, -0.15) is 4.68 Å². The van der Waals surface area contributed by atoms with E-state index in [9.17, 15) is 0 Å². The summed E-state index contributed by atoms with van der Waals surface area (Å²) in [6, 6.07) is 7.71. The minimum Gasteiger partial charge on any atom is -0.387 e. The molecule has 0 aliphatic rings. The minimum atomic E-state index is 0.148. The van der Waals surface area contributed by atoms with Crippen molar-refractivity contribution in [3.63, 3.8) is 0 Å². The van der Waals surface area contributed by atoms with Gasteiger partial charge in [-0.1, -0.05) is 30.4 Å². The molecule has 0 unspecified atom stereocenters. The van der Waals surface area contributed by atoms with Gasteiger partial charge in [-0.15, -0.1) is 5.10 Å². The maximum atomic E-state index is 5.45. The number of rotatable bonds is 2. The van der Waals surface area contributed by atoms with Crippen molar-refractivity contribution >= 4 is 28.1 Å². The zero-order chi connectivity index (χ0) is 12.5. The Morgan fingerprint density at radius 1 is 1.22 bits per heavy atom. The van der Waals surface area contributed by atoms with E-state index in [2.05, 4.69) is 20.1 Å². The molecule has 0 saturated heterocycles. The van der Waals surface area contributed by atoms with E-state index < -0.39 is 0 Å². The van der Waals surface area contributed by atoms with Crippen LogP contribution in [0.4, 0.5) is 0 Å². The van der Waals surface area contributed by atoms with Crippen LogP contribution in [0.5, 0.6) is 0 Å². The van der Waals surface area contributed by atoms with E-state index >= 15 is 0 Å². The summed E-state index contributed by atoms with van der Waals surface area (Å²) in [6.07, 6.45) is 3.22. The van der Waals surface area contributed by atoms with Crippen LogP contribution in [0.1, 0.15) is 5.82 Å². The molecule has 0 fully saturated rings. The Kier molecular flexibility index (Phi) is 2.45. The highest BCUT2D eigenvalue weighted by Gasteiger charge is 2.07. The standard InChI is InChI=1S/C11H8N6S/c12-9(18)10-14-6-17(16-10)11-13-5-7-3-1-2-4-8(7)15-11/h1-6H,(H2,12,18). The Morgan fingerprint density at radius 2 is 2.06 bits per heavy atom. The Bertz CT molecular complexity index is 735. The first-order valence-corrected chi connectivity index (χ1v) is 5.58. The molecule has 88 valence electrons. The zero-order valence-electron chi connectivity index (χ0n) is 9.19. The van der Waals surface area contributed by atoms with Crippen LogP contribution < -0.4 is 5.73 Å². The lowest BCUT2D eigenvalue weighted by Gasteiger charge is -2.00. The summed E-state index contributed by atoms with van der Waals surface area (Å²) in [7, 11) is 0. The number of aromatic nitrogens is 5. The molecule has 6 nitrogen and oxygen atoms in total. The van der Waals surface area contributed by atoms with E-state index in [1.165, 1.54) is 11.0 Å². The number of benzene rings is 1. The highest BCUT2D eigenvalue weighted by Crippen LogP contribution is 2.11. The fourth-order valence-corrected chi connectivity index (χ4v) is 1.64. The Labute approximate surface area is 107 Å². The molecular weight excluding hydrogens is 248 g/mol. The first kappa shape index (κ1) is 10.7. The highest BCUT2D eigenvalue weighted by molar-refractivity contribution is 7.80. The molecule has 18 heavy (non-hydrogen) atoms. The quantitative estimate of drug-likeness (QED) is 0.684. The second kappa shape index (κ2) is 4.11. The lowest BCUT2D eigenvalue weighted by molar-refractivity contribution is 0.811. The van der Waals surface area contributed by atoms with Gasteiger partial charge in [0.2, 0.25) is 5.82 Å². The van der Waals surface area contributed by atoms with Gasteiger partial charge in [-0.25, -0.2) is 15.0 Å². The third kappa shape index (κ3) is 1.80. The second-order valence-corrected chi connectivity index (χ2v) is 4.05. The van der Waals surface area contributed by atoms with Crippen molar-refractivity contribution in [2.45, 2.75) is 0 Å². The van der Waals surface area contributed by atoms with Crippen molar-refractivity contribution in [2.75, 3.05) is 0 Å². The predicted molar refractivity (Wildman–Crippen MR) is 70.3 cm³/mol. The molecule has 1 aromatic carbocycles. The summed E-state index contributed by atoms with van der Waals surface area (Å²) in [6.45, 7) is 0. The molecule has 2 aromatic heterocycles. The SMILES string of the molecule is NC(=S)c1ncn(-c2ncc3ccccc3n2)n1. The number of fused-ring (bicyclic) bond motifs is 1. The molecule has 0 radical (unpaired) electrons. The van der Waals surface area contributed by atoms with Gasteiger partial charge in [0.05, 0.1) is 5.52 Å². The van der Waals surface area contributed by atoms with Crippen LogP contribution in [0.3, 0.4) is 0 Å². The molecular formula is C11H8N6S. The maximum Gasteiger partial charge on any atom is 0.252 e. The fourth-order valence-electron chi connectivity index (χ4n) is 1.55. The fraction of sp³-hybridized carbons (Fsp3) is 0. The smallest absolute Gasteiger partial charge is 0.252 e. The van der Waals surface area contributed by atoms with Gasteiger partial charge in [0, 0.05) is 11.6 Å². The summed E-state index contributed by atoms with van der Waals surface area (Å²) in [5, 5.41) is 5.07. The molecule has 0 spiro atoms. The van der Waals surface area contributed by atoms with Crippen molar-refractivity contribution < 1.29 is 0 Å². The van der Waals surface area contributed by atoms with Crippen LogP contribution >= 0.6 is 12.2 Å². The third-order valence-electron chi connectivity index (χ3n) is 2.39. The van der Waals surface area contributed by atoms with E-state index in [0.717, 1.165) is 10.9 Å². The van der Waals surface area contributed by atoms with Crippen molar-refractivity contribution in [1.29, 1.82) is 0 Å². The number of thiocarbonyl (C=S) groups is 1. The van der Waals surface area contributed by atoms with Crippen LogP contribution in [0.2, 0.25) is 0 Å². The average Bonchev–Trinajstić information content (AvgIpc) is 2.88. The normalized spacial score (nSPS) is 10.7. The molecule has 0 amide bonds. The highest BCUT2D eigenvalue weighted by atomic mass is 32.1. The van der Waals surface area contributed by atoms with Crippen molar-refractivity contribution in [3.05, 3.63) is 42.6 Å². The lowest BCUT2D eigenvalue weighted by atomic mass is 10.2. The summed E-state index contributed by atoms with van der Waals surface area (Å²) in [4.78, 5) is 12.7.